The number of fused-ring (bicyclic) bond motifs is 1. The number of benzene rings is 1. The van der Waals surface area contributed by atoms with Crippen LogP contribution in [0.15, 0.2) is 42.7 Å². The zero-order chi connectivity index (χ0) is 15.5. The number of hydrogen-bond acceptors (Lipinski definition) is 3. The zero-order valence-electron chi connectivity index (χ0n) is 12.4. The van der Waals surface area contributed by atoms with Crippen molar-refractivity contribution in [2.45, 2.75) is 12.5 Å². The Kier molecular flexibility index (Phi) is 4.06. The van der Waals surface area contributed by atoms with Crippen molar-refractivity contribution in [3.05, 3.63) is 53.9 Å². The van der Waals surface area contributed by atoms with Gasteiger partial charge in [0.2, 0.25) is 0 Å². The lowest BCUT2D eigenvalue weighted by Gasteiger charge is -2.30. The molecule has 1 amide bonds. The maximum Gasteiger partial charge on any atom is 0.407 e. The molecule has 5 heteroatoms. The van der Waals surface area contributed by atoms with Crippen molar-refractivity contribution in [3.63, 3.8) is 0 Å². The summed E-state index contributed by atoms with van der Waals surface area (Å²) in [6, 6.07) is 10.1. The first-order valence-electron chi connectivity index (χ1n) is 7.24. The van der Waals surface area contributed by atoms with E-state index in [4.69, 9.17) is 9.84 Å². The predicted molar refractivity (Wildman–Crippen MR) is 82.7 cm³/mol. The van der Waals surface area contributed by atoms with Crippen LogP contribution in [-0.4, -0.2) is 41.3 Å². The summed E-state index contributed by atoms with van der Waals surface area (Å²) in [6.45, 7) is 0.940. The average Bonchev–Trinajstić information content (AvgIpc) is 2.55. The summed E-state index contributed by atoms with van der Waals surface area (Å²) in [4.78, 5) is 16.4. The third-order valence-electron chi connectivity index (χ3n) is 3.99. The molecular formula is C17H18N2O3. The number of pyridine rings is 1. The molecule has 1 N–H and O–H groups in total. The van der Waals surface area contributed by atoms with Crippen LogP contribution in [0.5, 0.6) is 0 Å². The summed E-state index contributed by atoms with van der Waals surface area (Å²) in [7, 11) is 1.56. The van der Waals surface area contributed by atoms with Gasteiger partial charge in [-0.25, -0.2) is 4.79 Å². The molecule has 0 saturated carbocycles. The van der Waals surface area contributed by atoms with Crippen molar-refractivity contribution in [2.75, 3.05) is 20.2 Å². The van der Waals surface area contributed by atoms with Gasteiger partial charge in [-0.15, -0.1) is 0 Å². The molecule has 114 valence electrons. The zero-order valence-corrected chi connectivity index (χ0v) is 12.4. The predicted octanol–water partition coefficient (Wildman–Crippen LogP) is 2.97. The quantitative estimate of drug-likeness (QED) is 0.946. The molecule has 0 spiro atoms. The Morgan fingerprint density at radius 3 is 2.86 bits per heavy atom. The van der Waals surface area contributed by atoms with Gasteiger partial charge in [-0.3, -0.25) is 4.98 Å². The molecule has 5 nitrogen and oxygen atoms in total. The minimum Gasteiger partial charge on any atom is -0.465 e. The highest BCUT2D eigenvalue weighted by molar-refractivity contribution is 5.69. The highest BCUT2D eigenvalue weighted by Gasteiger charge is 2.25. The molecule has 1 aromatic heterocycles. The SMILES string of the molecule is CN(CC1OCCc2c(-c3ccncc3)cccc21)C(=O)O. The van der Waals surface area contributed by atoms with Crippen LogP contribution in [0.25, 0.3) is 11.1 Å². The molecule has 1 aliphatic rings. The number of aromatic nitrogens is 1. The van der Waals surface area contributed by atoms with Gasteiger partial charge in [0.05, 0.1) is 13.2 Å². The fourth-order valence-electron chi connectivity index (χ4n) is 2.86. The van der Waals surface area contributed by atoms with Crippen LogP contribution in [0, 0.1) is 0 Å². The third kappa shape index (κ3) is 2.80. The second-order valence-corrected chi connectivity index (χ2v) is 5.38. The van der Waals surface area contributed by atoms with Gasteiger partial charge in [-0.2, -0.15) is 0 Å². The lowest BCUT2D eigenvalue weighted by atomic mass is 9.90. The summed E-state index contributed by atoms with van der Waals surface area (Å²) < 4.78 is 5.80. The molecule has 1 atom stereocenters. The van der Waals surface area contributed by atoms with E-state index in [-0.39, 0.29) is 6.10 Å². The van der Waals surface area contributed by atoms with Crippen molar-refractivity contribution in [1.82, 2.24) is 9.88 Å². The topological polar surface area (TPSA) is 62.7 Å². The fourth-order valence-corrected chi connectivity index (χ4v) is 2.86. The first-order valence-corrected chi connectivity index (χ1v) is 7.24. The van der Waals surface area contributed by atoms with E-state index >= 15 is 0 Å². The molecule has 1 aromatic carbocycles. The van der Waals surface area contributed by atoms with E-state index < -0.39 is 6.09 Å². The maximum absolute atomic E-state index is 11.0. The minimum absolute atomic E-state index is 0.216. The molecule has 2 heterocycles. The normalized spacial score (nSPS) is 16.9. The third-order valence-corrected chi connectivity index (χ3v) is 3.99. The Balaban J connectivity index is 1.97. The van der Waals surface area contributed by atoms with Gasteiger partial charge in [0.25, 0.3) is 0 Å². The van der Waals surface area contributed by atoms with Gasteiger partial charge in [0.15, 0.2) is 0 Å². The smallest absolute Gasteiger partial charge is 0.407 e. The Hall–Kier alpha value is -2.40. The first kappa shape index (κ1) is 14.5. The molecule has 0 radical (unpaired) electrons. The summed E-state index contributed by atoms with van der Waals surface area (Å²) in [5, 5.41) is 9.06. The molecule has 0 fully saturated rings. The molecule has 3 rings (SSSR count). The van der Waals surface area contributed by atoms with Crippen molar-refractivity contribution >= 4 is 6.09 Å². The number of ether oxygens (including phenoxy) is 1. The lowest BCUT2D eigenvalue weighted by molar-refractivity contribution is 0.0225. The van der Waals surface area contributed by atoms with E-state index in [9.17, 15) is 4.79 Å². The molecule has 1 aliphatic heterocycles. The van der Waals surface area contributed by atoms with E-state index in [1.165, 1.54) is 16.0 Å². The summed E-state index contributed by atoms with van der Waals surface area (Å²) in [6.07, 6.45) is 3.24. The second kappa shape index (κ2) is 6.15. The van der Waals surface area contributed by atoms with Crippen molar-refractivity contribution in [1.29, 1.82) is 0 Å². The Morgan fingerprint density at radius 2 is 2.14 bits per heavy atom. The Labute approximate surface area is 129 Å². The van der Waals surface area contributed by atoms with Gasteiger partial charge in [-0.05, 0) is 40.8 Å². The van der Waals surface area contributed by atoms with E-state index in [0.29, 0.717) is 13.2 Å². The molecule has 22 heavy (non-hydrogen) atoms. The number of rotatable bonds is 3. The minimum atomic E-state index is -0.944. The van der Waals surface area contributed by atoms with Gasteiger partial charge >= 0.3 is 6.09 Å². The lowest BCUT2D eigenvalue weighted by Crippen LogP contribution is -2.32. The number of carbonyl (C=O) groups is 1. The van der Waals surface area contributed by atoms with Gasteiger partial charge in [-0.1, -0.05) is 18.2 Å². The number of amides is 1. The molecule has 0 aliphatic carbocycles. The number of hydrogen-bond donors (Lipinski definition) is 1. The number of carboxylic acid groups (broad SMARTS) is 1. The van der Waals surface area contributed by atoms with Crippen molar-refractivity contribution in [2.24, 2.45) is 0 Å². The van der Waals surface area contributed by atoms with Crippen molar-refractivity contribution < 1.29 is 14.6 Å². The highest BCUT2D eigenvalue weighted by Crippen LogP contribution is 2.34. The summed E-state index contributed by atoms with van der Waals surface area (Å²) in [5.41, 5.74) is 4.61. The van der Waals surface area contributed by atoms with Crippen molar-refractivity contribution in [3.8, 4) is 11.1 Å². The van der Waals surface area contributed by atoms with Crippen LogP contribution in [-0.2, 0) is 11.2 Å². The van der Waals surface area contributed by atoms with E-state index in [2.05, 4.69) is 11.1 Å². The van der Waals surface area contributed by atoms with Crippen LogP contribution >= 0.6 is 0 Å². The van der Waals surface area contributed by atoms with E-state index in [1.807, 2.05) is 24.3 Å². The van der Waals surface area contributed by atoms with Crippen LogP contribution in [0.3, 0.4) is 0 Å². The molecule has 2 aromatic rings. The summed E-state index contributed by atoms with van der Waals surface area (Å²) >= 11 is 0. The highest BCUT2D eigenvalue weighted by atomic mass is 16.5. The van der Waals surface area contributed by atoms with Crippen LogP contribution in [0.1, 0.15) is 17.2 Å². The number of nitrogens with zero attached hydrogens (tertiary/aromatic N) is 2. The Morgan fingerprint density at radius 1 is 1.36 bits per heavy atom. The van der Waals surface area contributed by atoms with Crippen LogP contribution in [0.2, 0.25) is 0 Å². The number of likely N-dealkylation sites (N-methyl/N-ethyl adjacent to an activating group) is 1. The maximum atomic E-state index is 11.0. The Bertz CT molecular complexity index is 673. The van der Waals surface area contributed by atoms with Crippen LogP contribution in [0.4, 0.5) is 4.79 Å². The molecular weight excluding hydrogens is 280 g/mol. The first-order chi connectivity index (χ1) is 10.7. The average molecular weight is 298 g/mol. The second-order valence-electron chi connectivity index (χ2n) is 5.38. The van der Waals surface area contributed by atoms with E-state index in [0.717, 1.165) is 17.5 Å². The summed E-state index contributed by atoms with van der Waals surface area (Å²) in [5.74, 6) is 0. The monoisotopic (exact) mass is 298 g/mol. The standard InChI is InChI=1S/C17H18N2O3/c1-19(17(20)21)11-16-15-4-2-3-13(14(15)7-10-22-16)12-5-8-18-9-6-12/h2-6,8-9,16H,7,10-11H2,1H3,(H,20,21). The fraction of sp³-hybridized carbons (Fsp3) is 0.294. The molecule has 1 unspecified atom stereocenters. The van der Waals surface area contributed by atoms with E-state index in [1.54, 1.807) is 19.4 Å². The van der Waals surface area contributed by atoms with Crippen LogP contribution < -0.4 is 0 Å². The molecule has 0 saturated heterocycles. The van der Waals surface area contributed by atoms with Gasteiger partial charge < -0.3 is 14.7 Å². The van der Waals surface area contributed by atoms with Gasteiger partial charge in [0.1, 0.15) is 6.10 Å². The largest absolute Gasteiger partial charge is 0.465 e. The van der Waals surface area contributed by atoms with Gasteiger partial charge in [0, 0.05) is 19.4 Å². The molecule has 0 bridgehead atoms.